The monoisotopic (exact) mass is 318 g/mol. The van der Waals surface area contributed by atoms with Crippen molar-refractivity contribution in [3.8, 4) is 0 Å². The van der Waals surface area contributed by atoms with Crippen molar-refractivity contribution >= 4 is 18.3 Å². The van der Waals surface area contributed by atoms with Crippen LogP contribution in [0.5, 0.6) is 0 Å². The van der Waals surface area contributed by atoms with Gasteiger partial charge in [-0.05, 0) is 51.6 Å². The van der Waals surface area contributed by atoms with E-state index in [1.807, 2.05) is 11.9 Å². The molecule has 21 heavy (non-hydrogen) atoms. The number of hydrogen-bond donors (Lipinski definition) is 1. The van der Waals surface area contributed by atoms with Crippen LogP contribution in [0.1, 0.15) is 51.9 Å². The van der Waals surface area contributed by atoms with E-state index in [4.69, 9.17) is 4.74 Å². The predicted molar refractivity (Wildman–Crippen MR) is 87.9 cm³/mol. The van der Waals surface area contributed by atoms with Crippen molar-refractivity contribution in [2.24, 2.45) is 5.92 Å². The molecule has 0 radical (unpaired) electrons. The van der Waals surface area contributed by atoms with Crippen LogP contribution < -0.4 is 5.32 Å². The average Bonchev–Trinajstić information content (AvgIpc) is 2.98. The molecule has 1 heterocycles. The highest BCUT2D eigenvalue weighted by atomic mass is 35.5. The number of hydrogen-bond acceptors (Lipinski definition) is 3. The highest BCUT2D eigenvalue weighted by Gasteiger charge is 2.30. The molecule has 1 aliphatic heterocycles. The Morgan fingerprint density at radius 1 is 1.24 bits per heavy atom. The highest BCUT2D eigenvalue weighted by molar-refractivity contribution is 5.85. The fraction of sp³-hybridized carbons (Fsp3) is 0.938. The summed E-state index contributed by atoms with van der Waals surface area (Å²) in [7, 11) is 2.00. The minimum atomic E-state index is -0.209. The minimum Gasteiger partial charge on any atom is -0.365 e. The molecular formula is C16H31ClN2O2. The summed E-state index contributed by atoms with van der Waals surface area (Å²) >= 11 is 0. The topological polar surface area (TPSA) is 41.6 Å². The summed E-state index contributed by atoms with van der Waals surface area (Å²) in [6.45, 7) is 4.93. The van der Waals surface area contributed by atoms with Gasteiger partial charge in [0.1, 0.15) is 6.10 Å². The molecule has 1 aliphatic carbocycles. The number of carbonyl (C=O) groups is 1. The van der Waals surface area contributed by atoms with Gasteiger partial charge in [0, 0.05) is 13.1 Å². The summed E-state index contributed by atoms with van der Waals surface area (Å²) in [5, 5.41) is 3.24. The molecule has 0 spiro atoms. The number of piperidine rings is 1. The van der Waals surface area contributed by atoms with Gasteiger partial charge in [0.25, 0.3) is 5.91 Å². The minimum absolute atomic E-state index is 0. The second-order valence-corrected chi connectivity index (χ2v) is 6.27. The normalized spacial score (nSPS) is 22.1. The number of carbonyl (C=O) groups excluding carboxylic acids is 1. The largest absolute Gasteiger partial charge is 0.365 e. The second kappa shape index (κ2) is 9.65. The predicted octanol–water partition coefficient (Wildman–Crippen LogP) is 2.60. The van der Waals surface area contributed by atoms with Gasteiger partial charge in [0.05, 0.1) is 6.10 Å². The standard InChI is InChI=1S/C16H30N2O2.ClH/c1-3-15(20-14-6-4-5-7-14)16(19)18-10-8-13(9-11-18)12-17-2;/h13-15,17H,3-12H2,1-2H3;1H. The maximum absolute atomic E-state index is 12.6. The summed E-state index contributed by atoms with van der Waals surface area (Å²) in [5.41, 5.74) is 0. The molecule has 1 saturated carbocycles. The van der Waals surface area contributed by atoms with E-state index in [-0.39, 0.29) is 24.4 Å². The molecule has 1 unspecified atom stereocenters. The van der Waals surface area contributed by atoms with Crippen molar-refractivity contribution in [2.75, 3.05) is 26.7 Å². The molecule has 1 saturated heterocycles. The number of nitrogens with zero attached hydrogens (tertiary/aromatic N) is 1. The zero-order valence-electron chi connectivity index (χ0n) is 13.5. The lowest BCUT2D eigenvalue weighted by Crippen LogP contribution is -2.46. The number of halogens is 1. The van der Waals surface area contributed by atoms with Gasteiger partial charge in [0.15, 0.2) is 0 Å². The van der Waals surface area contributed by atoms with Crippen molar-refractivity contribution in [2.45, 2.75) is 64.1 Å². The van der Waals surface area contributed by atoms with Crippen molar-refractivity contribution in [3.05, 3.63) is 0 Å². The molecule has 0 bridgehead atoms. The maximum atomic E-state index is 12.6. The number of ether oxygens (including phenoxy) is 1. The molecule has 0 aromatic carbocycles. The maximum Gasteiger partial charge on any atom is 0.251 e. The van der Waals surface area contributed by atoms with Crippen LogP contribution in [0.15, 0.2) is 0 Å². The molecule has 1 amide bonds. The number of likely N-dealkylation sites (tertiary alicyclic amines) is 1. The van der Waals surface area contributed by atoms with Crippen LogP contribution in [0.25, 0.3) is 0 Å². The first-order valence-electron chi connectivity index (χ1n) is 8.33. The lowest BCUT2D eigenvalue weighted by Gasteiger charge is -2.34. The van der Waals surface area contributed by atoms with Gasteiger partial charge in [-0.2, -0.15) is 0 Å². The van der Waals surface area contributed by atoms with E-state index in [0.717, 1.165) is 57.7 Å². The summed E-state index contributed by atoms with van der Waals surface area (Å²) < 4.78 is 6.05. The quantitative estimate of drug-likeness (QED) is 0.818. The number of nitrogens with one attached hydrogen (secondary N) is 1. The average molecular weight is 319 g/mol. The molecule has 0 aromatic rings. The third-order valence-corrected chi connectivity index (χ3v) is 4.72. The summed E-state index contributed by atoms with van der Waals surface area (Å²) in [6, 6.07) is 0. The number of rotatable bonds is 6. The Balaban J connectivity index is 0.00000220. The van der Waals surface area contributed by atoms with Gasteiger partial charge in [-0.25, -0.2) is 0 Å². The highest BCUT2D eigenvalue weighted by Crippen LogP contribution is 2.24. The Labute approximate surface area is 135 Å². The van der Waals surface area contributed by atoms with Crippen LogP contribution in [0.4, 0.5) is 0 Å². The summed E-state index contributed by atoms with van der Waals surface area (Å²) in [4.78, 5) is 14.6. The van der Waals surface area contributed by atoms with E-state index in [2.05, 4.69) is 12.2 Å². The van der Waals surface area contributed by atoms with Crippen LogP contribution in [0.3, 0.4) is 0 Å². The van der Waals surface area contributed by atoms with E-state index >= 15 is 0 Å². The first-order valence-corrected chi connectivity index (χ1v) is 8.33. The van der Waals surface area contributed by atoms with E-state index in [0.29, 0.717) is 6.10 Å². The molecule has 124 valence electrons. The Morgan fingerprint density at radius 3 is 2.38 bits per heavy atom. The Hall–Kier alpha value is -0.320. The third kappa shape index (κ3) is 5.42. The fourth-order valence-corrected chi connectivity index (χ4v) is 3.44. The molecular weight excluding hydrogens is 288 g/mol. The van der Waals surface area contributed by atoms with E-state index in [1.165, 1.54) is 12.8 Å². The number of amides is 1. The van der Waals surface area contributed by atoms with E-state index in [9.17, 15) is 4.79 Å². The summed E-state index contributed by atoms with van der Waals surface area (Å²) in [5.74, 6) is 0.946. The molecule has 4 nitrogen and oxygen atoms in total. The van der Waals surface area contributed by atoms with Gasteiger partial charge < -0.3 is 15.0 Å². The fourth-order valence-electron chi connectivity index (χ4n) is 3.44. The first kappa shape index (κ1) is 18.7. The molecule has 1 N–H and O–H groups in total. The molecule has 0 aromatic heterocycles. The van der Waals surface area contributed by atoms with Gasteiger partial charge in [-0.15, -0.1) is 12.4 Å². The lowest BCUT2D eigenvalue weighted by atomic mass is 9.96. The van der Waals surface area contributed by atoms with Gasteiger partial charge in [-0.3, -0.25) is 4.79 Å². The lowest BCUT2D eigenvalue weighted by molar-refractivity contribution is -0.149. The molecule has 1 atom stereocenters. The van der Waals surface area contributed by atoms with Crippen molar-refractivity contribution < 1.29 is 9.53 Å². The Morgan fingerprint density at radius 2 is 1.86 bits per heavy atom. The van der Waals surface area contributed by atoms with Crippen LogP contribution in [0, 0.1) is 5.92 Å². The Bertz CT molecular complexity index is 301. The van der Waals surface area contributed by atoms with E-state index in [1.54, 1.807) is 0 Å². The molecule has 2 fully saturated rings. The van der Waals surface area contributed by atoms with Gasteiger partial charge in [-0.1, -0.05) is 19.8 Å². The van der Waals surface area contributed by atoms with Crippen molar-refractivity contribution in [3.63, 3.8) is 0 Å². The molecule has 2 rings (SSSR count). The summed E-state index contributed by atoms with van der Waals surface area (Å²) in [6.07, 6.45) is 7.92. The SMILES string of the molecule is CCC(OC1CCCC1)C(=O)N1CCC(CNC)CC1.Cl. The zero-order chi connectivity index (χ0) is 14.4. The second-order valence-electron chi connectivity index (χ2n) is 6.27. The smallest absolute Gasteiger partial charge is 0.251 e. The van der Waals surface area contributed by atoms with Crippen LogP contribution >= 0.6 is 12.4 Å². The first-order chi connectivity index (χ1) is 9.74. The Kier molecular flexibility index (Phi) is 8.60. The molecule has 5 heteroatoms. The zero-order valence-corrected chi connectivity index (χ0v) is 14.3. The van der Waals surface area contributed by atoms with Crippen LogP contribution in [-0.4, -0.2) is 49.7 Å². The molecule has 2 aliphatic rings. The third-order valence-electron chi connectivity index (χ3n) is 4.72. The van der Waals surface area contributed by atoms with Crippen LogP contribution in [-0.2, 0) is 9.53 Å². The van der Waals surface area contributed by atoms with Crippen LogP contribution in [0.2, 0.25) is 0 Å². The van der Waals surface area contributed by atoms with Gasteiger partial charge >= 0.3 is 0 Å². The van der Waals surface area contributed by atoms with E-state index < -0.39 is 0 Å². The van der Waals surface area contributed by atoms with Gasteiger partial charge in [0.2, 0.25) is 0 Å². The van der Waals surface area contributed by atoms with Crippen molar-refractivity contribution in [1.82, 2.24) is 10.2 Å². The van der Waals surface area contributed by atoms with Crippen molar-refractivity contribution in [1.29, 1.82) is 0 Å².